The largest absolute Gasteiger partial charge is 0.496 e. The summed E-state index contributed by atoms with van der Waals surface area (Å²) in [5.41, 5.74) is 8.30. The standard InChI is InChI=1S/C14H19N5O/c1-10(15)14-11(4-3-5-12(14)20-2)18-6-7-19-9-16-17-13(19)8-18/h3-5,9-10H,6-8,15H2,1-2H3/t10-/m0/s1. The topological polar surface area (TPSA) is 69.2 Å². The predicted octanol–water partition coefficient (Wildman–Crippen LogP) is 1.33. The Morgan fingerprint density at radius 1 is 1.35 bits per heavy atom. The Morgan fingerprint density at radius 2 is 2.20 bits per heavy atom. The molecule has 2 N–H and O–H groups in total. The van der Waals surface area contributed by atoms with Gasteiger partial charge in [-0.1, -0.05) is 6.07 Å². The molecule has 0 saturated heterocycles. The number of benzene rings is 1. The first kappa shape index (κ1) is 12.9. The quantitative estimate of drug-likeness (QED) is 0.913. The molecule has 2 heterocycles. The number of methoxy groups -OCH3 is 1. The molecule has 0 spiro atoms. The average molecular weight is 273 g/mol. The van der Waals surface area contributed by atoms with Gasteiger partial charge in [-0.3, -0.25) is 0 Å². The fourth-order valence-electron chi connectivity index (χ4n) is 2.72. The normalized spacial score (nSPS) is 15.8. The van der Waals surface area contributed by atoms with Gasteiger partial charge in [-0.05, 0) is 19.1 Å². The van der Waals surface area contributed by atoms with Gasteiger partial charge in [-0.15, -0.1) is 10.2 Å². The summed E-state index contributed by atoms with van der Waals surface area (Å²) in [6, 6.07) is 5.96. The van der Waals surface area contributed by atoms with E-state index in [1.807, 2.05) is 19.1 Å². The fourth-order valence-corrected chi connectivity index (χ4v) is 2.72. The Morgan fingerprint density at radius 3 is 2.95 bits per heavy atom. The number of ether oxygens (including phenoxy) is 1. The smallest absolute Gasteiger partial charge is 0.152 e. The van der Waals surface area contributed by atoms with Gasteiger partial charge in [0.2, 0.25) is 0 Å². The predicted molar refractivity (Wildman–Crippen MR) is 76.7 cm³/mol. The Bertz CT molecular complexity index is 607. The van der Waals surface area contributed by atoms with Crippen molar-refractivity contribution in [3.63, 3.8) is 0 Å². The summed E-state index contributed by atoms with van der Waals surface area (Å²) in [4.78, 5) is 2.28. The van der Waals surface area contributed by atoms with E-state index in [1.165, 1.54) is 0 Å². The van der Waals surface area contributed by atoms with Gasteiger partial charge in [-0.25, -0.2) is 0 Å². The molecule has 6 nitrogen and oxygen atoms in total. The zero-order chi connectivity index (χ0) is 14.1. The lowest BCUT2D eigenvalue weighted by Gasteiger charge is -2.32. The zero-order valence-electron chi connectivity index (χ0n) is 11.8. The van der Waals surface area contributed by atoms with E-state index in [0.717, 1.165) is 42.5 Å². The van der Waals surface area contributed by atoms with Crippen molar-refractivity contribution < 1.29 is 4.74 Å². The Balaban J connectivity index is 1.99. The van der Waals surface area contributed by atoms with Crippen LogP contribution in [0.1, 0.15) is 24.4 Å². The minimum atomic E-state index is -0.0825. The fraction of sp³-hybridized carbons (Fsp3) is 0.429. The van der Waals surface area contributed by atoms with Crippen molar-refractivity contribution in [2.24, 2.45) is 5.73 Å². The number of nitrogens with two attached hydrogens (primary N) is 1. The van der Waals surface area contributed by atoms with Crippen LogP contribution in [0.15, 0.2) is 24.5 Å². The number of aromatic nitrogens is 3. The van der Waals surface area contributed by atoms with Crippen LogP contribution in [-0.2, 0) is 13.1 Å². The number of fused-ring (bicyclic) bond motifs is 1. The summed E-state index contributed by atoms with van der Waals surface area (Å²) in [5, 5.41) is 8.12. The molecule has 1 aromatic heterocycles. The molecule has 6 heteroatoms. The third kappa shape index (κ3) is 2.12. The van der Waals surface area contributed by atoms with Gasteiger partial charge in [0.05, 0.1) is 13.7 Å². The number of nitrogens with zero attached hydrogens (tertiary/aromatic N) is 4. The molecule has 0 saturated carbocycles. The van der Waals surface area contributed by atoms with Gasteiger partial charge in [0, 0.05) is 30.4 Å². The maximum atomic E-state index is 6.13. The molecule has 1 atom stereocenters. The molecule has 0 bridgehead atoms. The molecule has 0 fully saturated rings. The maximum Gasteiger partial charge on any atom is 0.152 e. The molecule has 3 rings (SSSR count). The van der Waals surface area contributed by atoms with E-state index in [4.69, 9.17) is 10.5 Å². The average Bonchev–Trinajstić information content (AvgIpc) is 2.93. The Kier molecular flexibility index (Phi) is 3.31. The first-order chi connectivity index (χ1) is 9.70. The van der Waals surface area contributed by atoms with E-state index in [0.29, 0.717) is 0 Å². The summed E-state index contributed by atoms with van der Waals surface area (Å²) in [6.45, 7) is 4.52. The second-order valence-corrected chi connectivity index (χ2v) is 5.04. The monoisotopic (exact) mass is 273 g/mol. The molecule has 106 valence electrons. The van der Waals surface area contributed by atoms with Crippen LogP contribution in [0.4, 0.5) is 5.69 Å². The van der Waals surface area contributed by atoms with Crippen molar-refractivity contribution in [1.82, 2.24) is 14.8 Å². The second-order valence-electron chi connectivity index (χ2n) is 5.04. The minimum absolute atomic E-state index is 0.0825. The van der Waals surface area contributed by atoms with Crippen molar-refractivity contribution in [3.05, 3.63) is 35.9 Å². The zero-order valence-corrected chi connectivity index (χ0v) is 11.8. The van der Waals surface area contributed by atoms with Crippen LogP contribution < -0.4 is 15.4 Å². The highest BCUT2D eigenvalue weighted by Gasteiger charge is 2.22. The van der Waals surface area contributed by atoms with Crippen molar-refractivity contribution in [2.75, 3.05) is 18.6 Å². The molecule has 0 radical (unpaired) electrons. The summed E-state index contributed by atoms with van der Waals surface area (Å²) in [5.74, 6) is 1.82. The van der Waals surface area contributed by atoms with Crippen molar-refractivity contribution in [2.45, 2.75) is 26.1 Å². The Labute approximate surface area is 118 Å². The summed E-state index contributed by atoms with van der Waals surface area (Å²) >= 11 is 0. The minimum Gasteiger partial charge on any atom is -0.496 e. The molecule has 2 aromatic rings. The van der Waals surface area contributed by atoms with Gasteiger partial charge < -0.3 is 19.9 Å². The third-order valence-electron chi connectivity index (χ3n) is 3.70. The van der Waals surface area contributed by atoms with Crippen LogP contribution in [0.3, 0.4) is 0 Å². The molecule has 0 aliphatic carbocycles. The molecule has 1 aliphatic rings. The van der Waals surface area contributed by atoms with Crippen LogP contribution >= 0.6 is 0 Å². The number of anilines is 1. The van der Waals surface area contributed by atoms with Gasteiger partial charge in [-0.2, -0.15) is 0 Å². The van der Waals surface area contributed by atoms with E-state index >= 15 is 0 Å². The van der Waals surface area contributed by atoms with Gasteiger partial charge in [0.25, 0.3) is 0 Å². The van der Waals surface area contributed by atoms with E-state index in [1.54, 1.807) is 13.4 Å². The lowest BCUT2D eigenvalue weighted by molar-refractivity contribution is 0.406. The third-order valence-corrected chi connectivity index (χ3v) is 3.70. The lowest BCUT2D eigenvalue weighted by Crippen LogP contribution is -2.34. The highest BCUT2D eigenvalue weighted by molar-refractivity contribution is 5.61. The number of rotatable bonds is 3. The van der Waals surface area contributed by atoms with Gasteiger partial charge in [0.1, 0.15) is 12.1 Å². The highest BCUT2D eigenvalue weighted by atomic mass is 16.5. The van der Waals surface area contributed by atoms with Crippen LogP contribution in [0.25, 0.3) is 0 Å². The molecule has 0 amide bonds. The molecular formula is C14H19N5O. The number of hydrogen-bond acceptors (Lipinski definition) is 5. The molecular weight excluding hydrogens is 254 g/mol. The van der Waals surface area contributed by atoms with E-state index < -0.39 is 0 Å². The molecule has 1 aliphatic heterocycles. The van der Waals surface area contributed by atoms with Crippen molar-refractivity contribution in [1.29, 1.82) is 0 Å². The Hall–Kier alpha value is -2.08. The van der Waals surface area contributed by atoms with E-state index in [-0.39, 0.29) is 6.04 Å². The first-order valence-electron chi connectivity index (χ1n) is 6.75. The van der Waals surface area contributed by atoms with Crippen molar-refractivity contribution >= 4 is 5.69 Å². The van der Waals surface area contributed by atoms with Crippen LogP contribution in [0.5, 0.6) is 5.75 Å². The number of hydrogen-bond donors (Lipinski definition) is 1. The lowest BCUT2D eigenvalue weighted by atomic mass is 10.0. The van der Waals surface area contributed by atoms with Crippen LogP contribution in [-0.4, -0.2) is 28.4 Å². The van der Waals surface area contributed by atoms with Crippen LogP contribution in [0, 0.1) is 0 Å². The highest BCUT2D eigenvalue weighted by Crippen LogP contribution is 2.34. The van der Waals surface area contributed by atoms with Gasteiger partial charge in [0.15, 0.2) is 5.82 Å². The van der Waals surface area contributed by atoms with Gasteiger partial charge >= 0.3 is 0 Å². The summed E-state index contributed by atoms with van der Waals surface area (Å²) in [6.07, 6.45) is 1.78. The van der Waals surface area contributed by atoms with Crippen molar-refractivity contribution in [3.8, 4) is 5.75 Å². The first-order valence-corrected chi connectivity index (χ1v) is 6.75. The molecule has 0 unspecified atom stereocenters. The second kappa shape index (κ2) is 5.13. The van der Waals surface area contributed by atoms with E-state index in [2.05, 4.69) is 25.7 Å². The maximum absolute atomic E-state index is 6.13. The summed E-state index contributed by atoms with van der Waals surface area (Å²) in [7, 11) is 1.68. The molecule has 20 heavy (non-hydrogen) atoms. The van der Waals surface area contributed by atoms with E-state index in [9.17, 15) is 0 Å². The molecule has 1 aromatic carbocycles. The SMILES string of the molecule is COc1cccc(N2CCn3cnnc3C2)c1[C@H](C)N. The van der Waals surface area contributed by atoms with Crippen LogP contribution in [0.2, 0.25) is 0 Å². The summed E-state index contributed by atoms with van der Waals surface area (Å²) < 4.78 is 7.54.